The van der Waals surface area contributed by atoms with Gasteiger partial charge in [0.05, 0.1) is 10.7 Å². The number of likely N-dealkylation sites (N-methyl/N-ethyl adjacent to an activating group) is 1. The van der Waals surface area contributed by atoms with E-state index in [-0.39, 0.29) is 12.5 Å². The Labute approximate surface area is 103 Å². The summed E-state index contributed by atoms with van der Waals surface area (Å²) in [5, 5.41) is 6.00. The van der Waals surface area contributed by atoms with Crippen LogP contribution in [0.1, 0.15) is 30.0 Å². The van der Waals surface area contributed by atoms with Crippen LogP contribution in [-0.2, 0) is 6.42 Å². The van der Waals surface area contributed by atoms with E-state index >= 15 is 0 Å². The second kappa shape index (κ2) is 6.35. The van der Waals surface area contributed by atoms with Gasteiger partial charge in [0.1, 0.15) is 0 Å². The van der Waals surface area contributed by atoms with E-state index in [4.69, 9.17) is 0 Å². The summed E-state index contributed by atoms with van der Waals surface area (Å²) in [4.78, 5) is 4.31. The second-order valence-electron chi connectivity index (χ2n) is 4.05. The number of nitrogens with one attached hydrogen (secondary N) is 1. The maximum absolute atomic E-state index is 12.0. The van der Waals surface area contributed by atoms with Crippen LogP contribution < -0.4 is 5.32 Å². The lowest BCUT2D eigenvalue weighted by Crippen LogP contribution is -2.28. The van der Waals surface area contributed by atoms with Gasteiger partial charge in [-0.2, -0.15) is 13.2 Å². The molecule has 6 heteroatoms. The van der Waals surface area contributed by atoms with Gasteiger partial charge in [-0.1, -0.05) is 0 Å². The highest BCUT2D eigenvalue weighted by atomic mass is 32.1. The standard InChI is InChI=1S/C11H17F3N2S/c1-8-16-10(7-17-8)6-9(15-2)4-3-5-11(12,13)14/h7,9,15H,3-6H2,1-2H3. The van der Waals surface area contributed by atoms with Crippen LogP contribution in [0.3, 0.4) is 0 Å². The molecule has 0 saturated carbocycles. The summed E-state index contributed by atoms with van der Waals surface area (Å²) in [5.74, 6) is 0. The molecule has 1 N–H and O–H groups in total. The van der Waals surface area contributed by atoms with E-state index in [1.165, 1.54) is 0 Å². The van der Waals surface area contributed by atoms with Crippen molar-refractivity contribution < 1.29 is 13.2 Å². The lowest BCUT2D eigenvalue weighted by atomic mass is 10.1. The molecule has 1 rings (SSSR count). The fourth-order valence-corrected chi connectivity index (χ4v) is 2.28. The number of hydrogen-bond donors (Lipinski definition) is 1. The molecule has 0 aliphatic rings. The number of alkyl halides is 3. The first kappa shape index (κ1) is 14.4. The van der Waals surface area contributed by atoms with E-state index in [0.717, 1.165) is 10.7 Å². The molecular weight excluding hydrogens is 249 g/mol. The highest BCUT2D eigenvalue weighted by molar-refractivity contribution is 7.09. The Balaban J connectivity index is 2.34. The number of halogens is 3. The molecule has 1 heterocycles. The van der Waals surface area contributed by atoms with Crippen molar-refractivity contribution in [2.45, 2.75) is 44.8 Å². The highest BCUT2D eigenvalue weighted by Crippen LogP contribution is 2.23. The lowest BCUT2D eigenvalue weighted by Gasteiger charge is -2.15. The van der Waals surface area contributed by atoms with Gasteiger partial charge >= 0.3 is 6.18 Å². The van der Waals surface area contributed by atoms with Crippen LogP contribution in [0.15, 0.2) is 5.38 Å². The predicted molar refractivity (Wildman–Crippen MR) is 63.3 cm³/mol. The summed E-state index contributed by atoms with van der Waals surface area (Å²) in [6.07, 6.45) is -3.37. The zero-order valence-electron chi connectivity index (χ0n) is 9.97. The third-order valence-corrected chi connectivity index (χ3v) is 3.37. The smallest absolute Gasteiger partial charge is 0.317 e. The van der Waals surface area contributed by atoms with Crippen LogP contribution in [0.25, 0.3) is 0 Å². The molecule has 0 radical (unpaired) electrons. The molecule has 1 aromatic heterocycles. The molecule has 0 aliphatic carbocycles. The molecule has 0 fully saturated rings. The average Bonchev–Trinajstić information content (AvgIpc) is 2.60. The molecule has 0 saturated heterocycles. The van der Waals surface area contributed by atoms with Gasteiger partial charge in [-0.15, -0.1) is 11.3 Å². The van der Waals surface area contributed by atoms with E-state index in [2.05, 4.69) is 10.3 Å². The van der Waals surface area contributed by atoms with Crippen LogP contribution in [0.5, 0.6) is 0 Å². The van der Waals surface area contributed by atoms with Gasteiger partial charge in [-0.05, 0) is 26.8 Å². The summed E-state index contributed by atoms with van der Waals surface area (Å²) in [7, 11) is 1.78. The van der Waals surface area contributed by atoms with Crippen molar-refractivity contribution in [2.75, 3.05) is 7.05 Å². The predicted octanol–water partition coefficient (Wildman–Crippen LogP) is 3.31. The van der Waals surface area contributed by atoms with Crippen LogP contribution in [-0.4, -0.2) is 24.2 Å². The summed E-state index contributed by atoms with van der Waals surface area (Å²) < 4.78 is 36.0. The van der Waals surface area contributed by atoms with Crippen molar-refractivity contribution in [3.05, 3.63) is 16.1 Å². The number of hydrogen-bond acceptors (Lipinski definition) is 3. The Kier molecular flexibility index (Phi) is 5.39. The highest BCUT2D eigenvalue weighted by Gasteiger charge is 2.26. The molecule has 98 valence electrons. The minimum Gasteiger partial charge on any atom is -0.317 e. The van der Waals surface area contributed by atoms with Crippen molar-refractivity contribution in [1.29, 1.82) is 0 Å². The Morgan fingerprint density at radius 2 is 2.18 bits per heavy atom. The number of thiazole rings is 1. The van der Waals surface area contributed by atoms with Crippen molar-refractivity contribution in [3.8, 4) is 0 Å². The molecule has 1 aromatic rings. The largest absolute Gasteiger partial charge is 0.389 e. The number of nitrogens with zero attached hydrogens (tertiary/aromatic N) is 1. The van der Waals surface area contributed by atoms with Crippen molar-refractivity contribution >= 4 is 11.3 Å². The van der Waals surface area contributed by atoms with E-state index in [9.17, 15) is 13.2 Å². The maximum Gasteiger partial charge on any atom is 0.389 e. The van der Waals surface area contributed by atoms with E-state index in [0.29, 0.717) is 12.8 Å². The monoisotopic (exact) mass is 266 g/mol. The Morgan fingerprint density at radius 3 is 2.65 bits per heavy atom. The Morgan fingerprint density at radius 1 is 1.47 bits per heavy atom. The molecule has 0 bridgehead atoms. The molecule has 0 aromatic carbocycles. The molecule has 17 heavy (non-hydrogen) atoms. The lowest BCUT2D eigenvalue weighted by molar-refractivity contribution is -0.135. The van der Waals surface area contributed by atoms with Gasteiger partial charge in [0.2, 0.25) is 0 Å². The molecule has 1 unspecified atom stereocenters. The van der Waals surface area contributed by atoms with Crippen LogP contribution in [0, 0.1) is 6.92 Å². The first-order valence-corrected chi connectivity index (χ1v) is 6.43. The summed E-state index contributed by atoms with van der Waals surface area (Å²) in [5.41, 5.74) is 0.957. The van der Waals surface area contributed by atoms with Crippen molar-refractivity contribution in [3.63, 3.8) is 0 Å². The normalized spacial score (nSPS) is 13.9. The molecule has 2 nitrogen and oxygen atoms in total. The van der Waals surface area contributed by atoms with Gasteiger partial charge in [0.15, 0.2) is 0 Å². The topological polar surface area (TPSA) is 24.9 Å². The fourth-order valence-electron chi connectivity index (χ4n) is 1.65. The minimum absolute atomic E-state index is 0.0684. The summed E-state index contributed by atoms with van der Waals surface area (Å²) >= 11 is 1.57. The van der Waals surface area contributed by atoms with Gasteiger partial charge in [0, 0.05) is 24.3 Å². The molecule has 0 spiro atoms. The van der Waals surface area contributed by atoms with Crippen molar-refractivity contribution in [2.24, 2.45) is 0 Å². The van der Waals surface area contributed by atoms with Crippen LogP contribution >= 0.6 is 11.3 Å². The zero-order chi connectivity index (χ0) is 12.9. The number of rotatable bonds is 6. The molecular formula is C11H17F3N2S. The Bertz CT molecular complexity index is 336. The zero-order valence-corrected chi connectivity index (χ0v) is 10.8. The average molecular weight is 266 g/mol. The van der Waals surface area contributed by atoms with E-state index in [1.54, 1.807) is 18.4 Å². The van der Waals surface area contributed by atoms with Gasteiger partial charge in [-0.3, -0.25) is 0 Å². The third-order valence-electron chi connectivity index (χ3n) is 2.54. The third kappa shape index (κ3) is 6.02. The van der Waals surface area contributed by atoms with E-state index in [1.807, 2.05) is 12.3 Å². The van der Waals surface area contributed by atoms with Crippen LogP contribution in [0.4, 0.5) is 13.2 Å². The summed E-state index contributed by atoms with van der Waals surface area (Å²) in [6, 6.07) is 0.0684. The molecule has 0 aliphatic heterocycles. The number of aromatic nitrogens is 1. The van der Waals surface area contributed by atoms with Gasteiger partial charge in [0.25, 0.3) is 0 Å². The van der Waals surface area contributed by atoms with Crippen LogP contribution in [0.2, 0.25) is 0 Å². The SMILES string of the molecule is CNC(CCCC(F)(F)F)Cc1csc(C)n1. The second-order valence-corrected chi connectivity index (χ2v) is 5.12. The van der Waals surface area contributed by atoms with Crippen molar-refractivity contribution in [1.82, 2.24) is 10.3 Å². The first-order chi connectivity index (χ1) is 7.90. The molecule has 1 atom stereocenters. The minimum atomic E-state index is -4.05. The fraction of sp³-hybridized carbons (Fsp3) is 0.727. The maximum atomic E-state index is 12.0. The summed E-state index contributed by atoms with van der Waals surface area (Å²) in [6.45, 7) is 1.92. The number of aryl methyl sites for hydroxylation is 1. The van der Waals surface area contributed by atoms with E-state index < -0.39 is 12.6 Å². The van der Waals surface area contributed by atoms with Gasteiger partial charge < -0.3 is 5.32 Å². The Hall–Kier alpha value is -0.620. The van der Waals surface area contributed by atoms with Gasteiger partial charge in [-0.25, -0.2) is 4.98 Å². The molecule has 0 amide bonds. The first-order valence-electron chi connectivity index (χ1n) is 5.55. The quantitative estimate of drug-likeness (QED) is 0.854.